The van der Waals surface area contributed by atoms with Crippen molar-refractivity contribution in [3.8, 4) is 12.1 Å². The van der Waals surface area contributed by atoms with Gasteiger partial charge in [0.2, 0.25) is 9.84 Å². The Morgan fingerprint density at radius 3 is 1.92 bits per heavy atom. The van der Waals surface area contributed by atoms with E-state index in [0.717, 1.165) is 11.5 Å². The molecule has 0 spiro atoms. The van der Waals surface area contributed by atoms with Crippen LogP contribution in [-0.2, 0) is 19.9 Å². The maximum atomic E-state index is 12.3. The molecule has 0 aliphatic heterocycles. The maximum Gasteiger partial charge on any atom is 0.261 e. The van der Waals surface area contributed by atoms with Crippen LogP contribution in [0.1, 0.15) is 5.56 Å². The van der Waals surface area contributed by atoms with E-state index < -0.39 is 19.9 Å². The predicted molar refractivity (Wildman–Crippen MR) is 90.3 cm³/mol. The Balaban J connectivity index is 2.24. The minimum Gasteiger partial charge on any atom is -0.280 e. The summed E-state index contributed by atoms with van der Waals surface area (Å²) in [4.78, 5) is -0.0968. The molecule has 0 fully saturated rings. The van der Waals surface area contributed by atoms with Gasteiger partial charge in [-0.1, -0.05) is 0 Å². The largest absolute Gasteiger partial charge is 0.280 e. The summed E-state index contributed by atoms with van der Waals surface area (Å²) in [5, 5.41) is 17.9. The molecule has 0 unspecified atom stereocenters. The van der Waals surface area contributed by atoms with Crippen molar-refractivity contribution >= 4 is 25.5 Å². The van der Waals surface area contributed by atoms with Crippen LogP contribution in [0.15, 0.2) is 69.8 Å². The average molecular weight is 373 g/mol. The van der Waals surface area contributed by atoms with Gasteiger partial charge in [0, 0.05) is 17.2 Å². The van der Waals surface area contributed by atoms with Gasteiger partial charge in [-0.15, -0.1) is 0 Å². The number of benzene rings is 2. The van der Waals surface area contributed by atoms with Gasteiger partial charge in [0.25, 0.3) is 10.0 Å². The van der Waals surface area contributed by atoms with Crippen molar-refractivity contribution in [2.45, 2.75) is 9.79 Å². The average Bonchev–Trinajstić information content (AvgIpc) is 2.60. The summed E-state index contributed by atoms with van der Waals surface area (Å²) in [5.74, 6) is 0. The van der Waals surface area contributed by atoms with Crippen molar-refractivity contribution < 1.29 is 16.8 Å². The zero-order valence-electron chi connectivity index (χ0n) is 12.6. The highest BCUT2D eigenvalue weighted by molar-refractivity contribution is 7.94. The molecule has 0 saturated carbocycles. The summed E-state index contributed by atoms with van der Waals surface area (Å²) in [6, 6.07) is 13.9. The number of anilines is 1. The van der Waals surface area contributed by atoms with Gasteiger partial charge in [-0.25, -0.2) is 16.8 Å². The summed E-state index contributed by atoms with van der Waals surface area (Å²) >= 11 is 0. The number of allylic oxidation sites excluding steroid dienone is 1. The number of nitrogens with one attached hydrogen (secondary N) is 1. The fourth-order valence-corrected chi connectivity index (χ4v) is 3.81. The van der Waals surface area contributed by atoms with Crippen molar-refractivity contribution in [1.82, 2.24) is 0 Å². The van der Waals surface area contributed by atoms with Crippen molar-refractivity contribution in [3.05, 3.63) is 65.6 Å². The summed E-state index contributed by atoms with van der Waals surface area (Å²) in [6.45, 7) is 0. The summed E-state index contributed by atoms with van der Waals surface area (Å²) in [6.07, 6.45) is 0.844. The predicted octanol–water partition coefficient (Wildman–Crippen LogP) is 2.17. The topological polar surface area (TPSA) is 128 Å². The Bertz CT molecular complexity index is 1090. The van der Waals surface area contributed by atoms with Gasteiger partial charge in [-0.2, -0.15) is 10.5 Å². The SMILES string of the molecule is N#CC=CS(=O)(=O)c1ccc(NS(=O)(=O)c2ccc(C#N)cc2)cc1. The molecule has 1 N–H and O–H groups in total. The van der Waals surface area contributed by atoms with Gasteiger partial charge in [0.15, 0.2) is 0 Å². The van der Waals surface area contributed by atoms with Crippen LogP contribution in [0.4, 0.5) is 5.69 Å². The fourth-order valence-electron chi connectivity index (χ4n) is 1.83. The van der Waals surface area contributed by atoms with Crippen LogP contribution in [0.2, 0.25) is 0 Å². The molecule has 0 aliphatic carbocycles. The van der Waals surface area contributed by atoms with Crippen LogP contribution < -0.4 is 4.72 Å². The molecule has 2 aromatic carbocycles. The van der Waals surface area contributed by atoms with Crippen molar-refractivity contribution in [3.63, 3.8) is 0 Å². The lowest BCUT2D eigenvalue weighted by molar-refractivity contribution is 0.601. The second-order valence-corrected chi connectivity index (χ2v) is 8.26. The van der Waals surface area contributed by atoms with E-state index in [1.54, 1.807) is 6.07 Å². The van der Waals surface area contributed by atoms with E-state index >= 15 is 0 Å². The number of sulfonamides is 1. The molecule has 2 aromatic rings. The van der Waals surface area contributed by atoms with E-state index in [4.69, 9.17) is 10.5 Å². The second kappa shape index (κ2) is 7.18. The maximum absolute atomic E-state index is 12.3. The first-order valence-corrected chi connectivity index (χ1v) is 9.76. The number of hydrogen-bond acceptors (Lipinski definition) is 6. The Morgan fingerprint density at radius 1 is 0.840 bits per heavy atom. The third kappa shape index (κ3) is 4.44. The first kappa shape index (κ1) is 18.2. The first-order valence-electron chi connectivity index (χ1n) is 6.73. The summed E-state index contributed by atoms with van der Waals surface area (Å²) < 4.78 is 50.6. The Hall–Kier alpha value is -3.14. The molecule has 0 atom stereocenters. The van der Waals surface area contributed by atoms with Crippen molar-refractivity contribution in [2.75, 3.05) is 4.72 Å². The lowest BCUT2D eigenvalue weighted by Crippen LogP contribution is -2.13. The van der Waals surface area contributed by atoms with Gasteiger partial charge in [-0.05, 0) is 48.5 Å². The van der Waals surface area contributed by atoms with E-state index in [2.05, 4.69) is 4.72 Å². The molecule has 25 heavy (non-hydrogen) atoms. The van der Waals surface area contributed by atoms with Gasteiger partial charge in [0.1, 0.15) is 0 Å². The highest BCUT2D eigenvalue weighted by Gasteiger charge is 2.15. The number of nitrogens with zero attached hydrogens (tertiary/aromatic N) is 2. The highest BCUT2D eigenvalue weighted by atomic mass is 32.2. The van der Waals surface area contributed by atoms with E-state index in [-0.39, 0.29) is 15.5 Å². The van der Waals surface area contributed by atoms with Gasteiger partial charge in [-0.3, -0.25) is 4.72 Å². The number of rotatable bonds is 5. The number of nitriles is 2. The summed E-state index contributed by atoms with van der Waals surface area (Å²) in [7, 11) is -7.62. The van der Waals surface area contributed by atoms with Crippen molar-refractivity contribution in [1.29, 1.82) is 10.5 Å². The molecule has 0 bridgehead atoms. The molecule has 0 aliphatic rings. The molecule has 7 nitrogen and oxygen atoms in total. The molecule has 0 saturated heterocycles. The van der Waals surface area contributed by atoms with Crippen LogP contribution in [0, 0.1) is 22.7 Å². The van der Waals surface area contributed by atoms with Crippen molar-refractivity contribution in [2.24, 2.45) is 0 Å². The normalized spacial score (nSPS) is 11.6. The van der Waals surface area contributed by atoms with Crippen LogP contribution in [0.5, 0.6) is 0 Å². The van der Waals surface area contributed by atoms with E-state index in [0.29, 0.717) is 5.56 Å². The molecule has 2 rings (SSSR count). The second-order valence-electron chi connectivity index (χ2n) is 4.74. The van der Waals surface area contributed by atoms with Crippen LogP contribution >= 0.6 is 0 Å². The lowest BCUT2D eigenvalue weighted by atomic mass is 10.2. The van der Waals surface area contributed by atoms with E-state index in [1.807, 2.05) is 6.07 Å². The Morgan fingerprint density at radius 2 is 1.40 bits per heavy atom. The molecule has 0 radical (unpaired) electrons. The van der Waals surface area contributed by atoms with Crippen LogP contribution in [-0.4, -0.2) is 16.8 Å². The molecule has 0 heterocycles. The first-order chi connectivity index (χ1) is 11.8. The number of sulfone groups is 1. The molecule has 126 valence electrons. The molecular formula is C16H11N3O4S2. The lowest BCUT2D eigenvalue weighted by Gasteiger charge is -2.08. The van der Waals surface area contributed by atoms with E-state index in [9.17, 15) is 16.8 Å². The third-order valence-corrected chi connectivity index (χ3v) is 5.87. The quantitative estimate of drug-likeness (QED) is 0.800. The smallest absolute Gasteiger partial charge is 0.261 e. The summed E-state index contributed by atoms with van der Waals surface area (Å²) in [5.41, 5.74) is 0.506. The molecular weight excluding hydrogens is 362 g/mol. The van der Waals surface area contributed by atoms with Gasteiger partial charge in [0.05, 0.1) is 27.5 Å². The highest BCUT2D eigenvalue weighted by Crippen LogP contribution is 2.20. The number of hydrogen-bond donors (Lipinski definition) is 1. The zero-order chi connectivity index (χ0) is 18.5. The van der Waals surface area contributed by atoms with E-state index in [1.165, 1.54) is 48.5 Å². The minimum absolute atomic E-state index is 0.0276. The Labute approximate surface area is 145 Å². The van der Waals surface area contributed by atoms with Crippen LogP contribution in [0.3, 0.4) is 0 Å². The Kier molecular flexibility index (Phi) is 5.22. The molecule has 0 aromatic heterocycles. The zero-order valence-corrected chi connectivity index (χ0v) is 14.3. The van der Waals surface area contributed by atoms with Crippen LogP contribution in [0.25, 0.3) is 0 Å². The molecule has 9 heteroatoms. The monoisotopic (exact) mass is 373 g/mol. The standard InChI is InChI=1S/C16H11N3O4S2/c17-10-1-11-24(20,21)15-8-4-14(5-9-15)19-25(22,23)16-6-2-13(12-18)3-7-16/h1-9,11,19H. The third-order valence-electron chi connectivity index (χ3n) is 3.05. The fraction of sp³-hybridized carbons (Fsp3) is 0. The van der Waals surface area contributed by atoms with Gasteiger partial charge < -0.3 is 0 Å². The van der Waals surface area contributed by atoms with Gasteiger partial charge >= 0.3 is 0 Å². The molecule has 0 amide bonds. The minimum atomic E-state index is -3.87.